The molecule has 114 valence electrons. The summed E-state index contributed by atoms with van der Waals surface area (Å²) in [5, 5.41) is 0. The summed E-state index contributed by atoms with van der Waals surface area (Å²) in [6, 6.07) is 0. The fourth-order valence-electron chi connectivity index (χ4n) is 2.76. The van der Waals surface area contributed by atoms with Crippen molar-refractivity contribution in [3.63, 3.8) is 0 Å². The topological polar surface area (TPSA) is 6.48 Å². The Morgan fingerprint density at radius 3 is 1.42 bits per heavy atom. The van der Waals surface area contributed by atoms with Crippen LogP contribution in [0.2, 0.25) is 0 Å². The summed E-state index contributed by atoms with van der Waals surface area (Å²) < 4.78 is 0. The SMILES string of the molecule is CC=C[SiH2]C(N(CCC)CCC)N(CCC)CCC. The van der Waals surface area contributed by atoms with Crippen LogP contribution in [0.1, 0.15) is 60.3 Å². The lowest BCUT2D eigenvalue weighted by Gasteiger charge is -2.39. The van der Waals surface area contributed by atoms with Gasteiger partial charge < -0.3 is 0 Å². The smallest absolute Gasteiger partial charge is 0.0826 e. The molecular weight excluding hydrogens is 248 g/mol. The van der Waals surface area contributed by atoms with Crippen molar-refractivity contribution in [1.29, 1.82) is 0 Å². The van der Waals surface area contributed by atoms with E-state index in [1.165, 1.54) is 51.9 Å². The fourth-order valence-corrected chi connectivity index (χ4v) is 4.60. The first-order valence-corrected chi connectivity index (χ1v) is 9.97. The van der Waals surface area contributed by atoms with Gasteiger partial charge in [0.2, 0.25) is 0 Å². The first kappa shape index (κ1) is 18.9. The summed E-state index contributed by atoms with van der Waals surface area (Å²) in [5.41, 5.74) is 2.47. The van der Waals surface area contributed by atoms with Crippen LogP contribution in [0.25, 0.3) is 0 Å². The van der Waals surface area contributed by atoms with E-state index < -0.39 is 0 Å². The van der Waals surface area contributed by atoms with Gasteiger partial charge in [-0.25, -0.2) is 0 Å². The van der Waals surface area contributed by atoms with E-state index in [0.29, 0.717) is 0 Å². The van der Waals surface area contributed by atoms with E-state index in [1.54, 1.807) is 0 Å². The number of hydrogen-bond donors (Lipinski definition) is 0. The summed E-state index contributed by atoms with van der Waals surface area (Å²) in [7, 11) is -0.180. The third-order valence-electron chi connectivity index (χ3n) is 3.47. The normalized spacial score (nSPS) is 13.1. The molecule has 0 saturated carbocycles. The summed E-state index contributed by atoms with van der Waals surface area (Å²) in [5.74, 6) is 0.732. The van der Waals surface area contributed by atoms with Crippen molar-refractivity contribution >= 4 is 9.52 Å². The summed E-state index contributed by atoms with van der Waals surface area (Å²) in [4.78, 5) is 5.50. The van der Waals surface area contributed by atoms with Crippen LogP contribution in [0.3, 0.4) is 0 Å². The summed E-state index contributed by atoms with van der Waals surface area (Å²) in [6.07, 6.45) is 7.34. The quantitative estimate of drug-likeness (QED) is 0.401. The number of allylic oxidation sites excluding steroid dienone is 1. The molecule has 0 spiro atoms. The molecule has 0 rings (SSSR count). The van der Waals surface area contributed by atoms with Gasteiger partial charge in [0.25, 0.3) is 0 Å². The lowest BCUT2D eigenvalue weighted by Crippen LogP contribution is -2.52. The molecule has 0 amide bonds. The highest BCUT2D eigenvalue weighted by Gasteiger charge is 2.22. The second kappa shape index (κ2) is 12.9. The molecule has 0 fully saturated rings. The van der Waals surface area contributed by atoms with Gasteiger partial charge in [0, 0.05) is 5.79 Å². The van der Waals surface area contributed by atoms with Crippen LogP contribution in [-0.4, -0.2) is 51.3 Å². The second-order valence-corrected chi connectivity index (χ2v) is 7.03. The van der Waals surface area contributed by atoms with E-state index >= 15 is 0 Å². The van der Waals surface area contributed by atoms with E-state index in [2.05, 4.69) is 56.2 Å². The summed E-state index contributed by atoms with van der Waals surface area (Å²) >= 11 is 0. The maximum Gasteiger partial charge on any atom is 0.0826 e. The average molecular weight is 285 g/mol. The zero-order valence-corrected chi connectivity index (χ0v) is 15.4. The third-order valence-corrected chi connectivity index (χ3v) is 5.67. The maximum atomic E-state index is 2.75. The van der Waals surface area contributed by atoms with Crippen LogP contribution in [0.5, 0.6) is 0 Å². The van der Waals surface area contributed by atoms with Crippen molar-refractivity contribution in [3.05, 3.63) is 11.8 Å². The van der Waals surface area contributed by atoms with Crippen LogP contribution in [0.4, 0.5) is 0 Å². The average Bonchev–Trinajstić information content (AvgIpc) is 2.40. The van der Waals surface area contributed by atoms with Gasteiger partial charge in [0.1, 0.15) is 0 Å². The molecule has 0 aliphatic heterocycles. The van der Waals surface area contributed by atoms with E-state index in [0.717, 1.165) is 5.79 Å². The highest BCUT2D eigenvalue weighted by Crippen LogP contribution is 2.10. The van der Waals surface area contributed by atoms with Gasteiger partial charge in [-0.15, -0.1) is 5.70 Å². The molecule has 0 atom stereocenters. The Kier molecular flexibility index (Phi) is 12.8. The summed E-state index contributed by atoms with van der Waals surface area (Å²) in [6.45, 7) is 16.4. The Labute approximate surface area is 124 Å². The van der Waals surface area contributed by atoms with Gasteiger partial charge in [0.15, 0.2) is 0 Å². The highest BCUT2D eigenvalue weighted by molar-refractivity contribution is 6.43. The first-order chi connectivity index (χ1) is 9.24. The molecule has 0 saturated heterocycles. The fraction of sp³-hybridized carbons (Fsp3) is 0.875. The third kappa shape index (κ3) is 7.90. The van der Waals surface area contributed by atoms with Crippen molar-refractivity contribution < 1.29 is 0 Å². The number of hydrogen-bond acceptors (Lipinski definition) is 2. The minimum atomic E-state index is -0.180. The largest absolute Gasteiger partial charge is 0.291 e. The van der Waals surface area contributed by atoms with E-state index in [-0.39, 0.29) is 9.52 Å². The molecule has 0 bridgehead atoms. The van der Waals surface area contributed by atoms with Crippen LogP contribution < -0.4 is 0 Å². The van der Waals surface area contributed by atoms with Gasteiger partial charge in [-0.1, -0.05) is 33.8 Å². The van der Waals surface area contributed by atoms with Crippen molar-refractivity contribution in [2.75, 3.05) is 26.2 Å². The van der Waals surface area contributed by atoms with E-state index in [4.69, 9.17) is 0 Å². The predicted molar refractivity (Wildman–Crippen MR) is 91.5 cm³/mol. The van der Waals surface area contributed by atoms with Crippen LogP contribution >= 0.6 is 0 Å². The van der Waals surface area contributed by atoms with Crippen molar-refractivity contribution in [1.82, 2.24) is 9.80 Å². The molecule has 0 radical (unpaired) electrons. The Morgan fingerprint density at radius 1 is 0.789 bits per heavy atom. The Morgan fingerprint density at radius 2 is 1.16 bits per heavy atom. The van der Waals surface area contributed by atoms with Gasteiger partial charge in [-0.2, -0.15) is 0 Å². The van der Waals surface area contributed by atoms with Gasteiger partial charge >= 0.3 is 0 Å². The lowest BCUT2D eigenvalue weighted by molar-refractivity contribution is 0.0961. The first-order valence-electron chi connectivity index (χ1n) is 8.34. The van der Waals surface area contributed by atoms with Crippen LogP contribution in [-0.2, 0) is 0 Å². The minimum Gasteiger partial charge on any atom is -0.291 e. The van der Waals surface area contributed by atoms with Crippen molar-refractivity contribution in [2.24, 2.45) is 0 Å². The monoisotopic (exact) mass is 284 g/mol. The van der Waals surface area contributed by atoms with Gasteiger partial charge in [-0.3, -0.25) is 9.80 Å². The molecule has 0 aromatic rings. The number of nitrogens with zero attached hydrogens (tertiary/aromatic N) is 2. The molecule has 0 heterocycles. The Bertz CT molecular complexity index is 191. The van der Waals surface area contributed by atoms with Crippen LogP contribution in [0, 0.1) is 0 Å². The van der Waals surface area contributed by atoms with E-state index in [1.807, 2.05) is 0 Å². The molecule has 0 unspecified atom stereocenters. The van der Waals surface area contributed by atoms with Crippen LogP contribution in [0.15, 0.2) is 11.8 Å². The zero-order valence-electron chi connectivity index (χ0n) is 14.0. The van der Waals surface area contributed by atoms with Crippen molar-refractivity contribution in [2.45, 2.75) is 66.1 Å². The molecule has 0 N–H and O–H groups in total. The molecule has 0 aromatic carbocycles. The van der Waals surface area contributed by atoms with E-state index in [9.17, 15) is 0 Å². The van der Waals surface area contributed by atoms with Gasteiger partial charge in [0.05, 0.1) is 9.52 Å². The molecule has 3 heteroatoms. The second-order valence-electron chi connectivity index (χ2n) is 5.36. The van der Waals surface area contributed by atoms with Gasteiger partial charge in [-0.05, 0) is 58.8 Å². The Balaban J connectivity index is 4.86. The minimum absolute atomic E-state index is 0.180. The zero-order chi connectivity index (χ0) is 14.5. The Hall–Kier alpha value is -0.123. The standard InChI is InChI=1S/C16H36N2Si/c1-6-11-17(12-7-2)16(19-15-10-5)18(13-8-3)14-9-4/h10,15-16H,6-9,11-14,19H2,1-5H3. The van der Waals surface area contributed by atoms with Crippen molar-refractivity contribution in [3.8, 4) is 0 Å². The molecule has 0 aliphatic carbocycles. The molecule has 2 nitrogen and oxygen atoms in total. The molecule has 0 aromatic heterocycles. The predicted octanol–water partition coefficient (Wildman–Crippen LogP) is 3.22. The molecule has 0 aliphatic rings. The lowest BCUT2D eigenvalue weighted by atomic mass is 10.3. The molecular formula is C16H36N2Si. The highest BCUT2D eigenvalue weighted by atomic mass is 28.2. The number of rotatable bonds is 12. The molecule has 19 heavy (non-hydrogen) atoms. The maximum absolute atomic E-state index is 2.75.